The highest BCUT2D eigenvalue weighted by Gasteiger charge is 2.11. The summed E-state index contributed by atoms with van der Waals surface area (Å²) in [5.41, 5.74) is 0.936. The molecule has 1 aromatic carbocycles. The van der Waals surface area contributed by atoms with Gasteiger partial charge < -0.3 is 14.5 Å². The minimum Gasteiger partial charge on any atom is -0.495 e. The van der Waals surface area contributed by atoms with E-state index in [0.29, 0.717) is 0 Å². The standard InChI is InChI=1S/C13H14BrNO2/c1-9(12-4-3-7-17-12)15-11-8-10(14)5-6-13(11)16-2/h3-9,15H,1-2H3. The van der Waals surface area contributed by atoms with Crippen LogP contribution in [0.4, 0.5) is 5.69 Å². The normalized spacial score (nSPS) is 12.2. The number of benzene rings is 1. The van der Waals surface area contributed by atoms with Crippen LogP contribution in [0.3, 0.4) is 0 Å². The molecule has 1 heterocycles. The Morgan fingerprint density at radius 3 is 2.82 bits per heavy atom. The molecule has 2 rings (SSSR count). The van der Waals surface area contributed by atoms with Crippen molar-refractivity contribution in [3.63, 3.8) is 0 Å². The van der Waals surface area contributed by atoms with Gasteiger partial charge in [-0.2, -0.15) is 0 Å². The van der Waals surface area contributed by atoms with E-state index < -0.39 is 0 Å². The van der Waals surface area contributed by atoms with Crippen molar-refractivity contribution in [3.05, 3.63) is 46.8 Å². The lowest BCUT2D eigenvalue weighted by atomic mass is 10.2. The second-order valence-corrected chi connectivity index (χ2v) is 4.64. The number of methoxy groups -OCH3 is 1. The highest BCUT2D eigenvalue weighted by atomic mass is 79.9. The van der Waals surface area contributed by atoms with Crippen LogP contribution in [0.2, 0.25) is 0 Å². The average Bonchev–Trinajstić information content (AvgIpc) is 2.83. The molecule has 1 aromatic heterocycles. The Morgan fingerprint density at radius 1 is 1.35 bits per heavy atom. The predicted molar refractivity (Wildman–Crippen MR) is 71.4 cm³/mol. The van der Waals surface area contributed by atoms with Gasteiger partial charge in [0, 0.05) is 4.47 Å². The fraction of sp³-hybridized carbons (Fsp3) is 0.231. The minimum atomic E-state index is 0.0909. The van der Waals surface area contributed by atoms with Crippen molar-refractivity contribution < 1.29 is 9.15 Å². The summed E-state index contributed by atoms with van der Waals surface area (Å²) in [4.78, 5) is 0. The third-order valence-electron chi connectivity index (χ3n) is 2.50. The first-order valence-electron chi connectivity index (χ1n) is 5.34. The van der Waals surface area contributed by atoms with E-state index in [9.17, 15) is 0 Å². The van der Waals surface area contributed by atoms with Gasteiger partial charge in [0.1, 0.15) is 11.5 Å². The Hall–Kier alpha value is -1.42. The molecule has 0 aliphatic carbocycles. The van der Waals surface area contributed by atoms with E-state index in [-0.39, 0.29) is 6.04 Å². The maximum absolute atomic E-state index is 5.36. The molecule has 0 fully saturated rings. The topological polar surface area (TPSA) is 34.4 Å². The molecule has 0 spiro atoms. The summed E-state index contributed by atoms with van der Waals surface area (Å²) < 4.78 is 11.7. The lowest BCUT2D eigenvalue weighted by Crippen LogP contribution is -2.06. The number of hydrogen-bond donors (Lipinski definition) is 1. The maximum Gasteiger partial charge on any atom is 0.142 e. The summed E-state index contributed by atoms with van der Waals surface area (Å²) in [5.74, 6) is 1.71. The maximum atomic E-state index is 5.36. The van der Waals surface area contributed by atoms with Crippen molar-refractivity contribution in [1.82, 2.24) is 0 Å². The van der Waals surface area contributed by atoms with Crippen LogP contribution < -0.4 is 10.1 Å². The lowest BCUT2D eigenvalue weighted by Gasteiger charge is -2.16. The largest absolute Gasteiger partial charge is 0.495 e. The van der Waals surface area contributed by atoms with E-state index in [0.717, 1.165) is 21.7 Å². The second-order valence-electron chi connectivity index (χ2n) is 3.73. The first kappa shape index (κ1) is 12.0. The van der Waals surface area contributed by atoms with E-state index in [1.54, 1.807) is 13.4 Å². The molecular formula is C13H14BrNO2. The van der Waals surface area contributed by atoms with Crippen molar-refractivity contribution in [2.24, 2.45) is 0 Å². The van der Waals surface area contributed by atoms with Crippen molar-refractivity contribution in [1.29, 1.82) is 0 Å². The van der Waals surface area contributed by atoms with E-state index in [2.05, 4.69) is 21.2 Å². The van der Waals surface area contributed by atoms with Gasteiger partial charge in [-0.15, -0.1) is 0 Å². The highest BCUT2D eigenvalue weighted by molar-refractivity contribution is 9.10. The Labute approximate surface area is 109 Å². The van der Waals surface area contributed by atoms with Crippen LogP contribution in [0.1, 0.15) is 18.7 Å². The van der Waals surface area contributed by atoms with Crippen molar-refractivity contribution in [3.8, 4) is 5.75 Å². The van der Waals surface area contributed by atoms with Gasteiger partial charge in [-0.25, -0.2) is 0 Å². The van der Waals surface area contributed by atoms with Crippen molar-refractivity contribution in [2.75, 3.05) is 12.4 Å². The van der Waals surface area contributed by atoms with Gasteiger partial charge in [0.25, 0.3) is 0 Å². The zero-order valence-electron chi connectivity index (χ0n) is 9.74. The molecule has 17 heavy (non-hydrogen) atoms. The quantitative estimate of drug-likeness (QED) is 0.917. The summed E-state index contributed by atoms with van der Waals surface area (Å²) in [6, 6.07) is 9.77. The molecule has 0 bridgehead atoms. The number of nitrogens with one attached hydrogen (secondary N) is 1. The van der Waals surface area contributed by atoms with Gasteiger partial charge in [0.2, 0.25) is 0 Å². The number of furan rings is 1. The highest BCUT2D eigenvalue weighted by Crippen LogP contribution is 2.31. The van der Waals surface area contributed by atoms with E-state index >= 15 is 0 Å². The number of halogens is 1. The average molecular weight is 296 g/mol. The molecule has 2 aromatic rings. The van der Waals surface area contributed by atoms with Gasteiger partial charge >= 0.3 is 0 Å². The van der Waals surface area contributed by atoms with Crippen molar-refractivity contribution >= 4 is 21.6 Å². The molecule has 0 saturated heterocycles. The van der Waals surface area contributed by atoms with E-state index in [1.807, 2.05) is 37.3 Å². The minimum absolute atomic E-state index is 0.0909. The van der Waals surface area contributed by atoms with Gasteiger partial charge in [-0.3, -0.25) is 0 Å². The fourth-order valence-electron chi connectivity index (χ4n) is 1.64. The van der Waals surface area contributed by atoms with Crippen LogP contribution >= 0.6 is 15.9 Å². The van der Waals surface area contributed by atoms with Crippen LogP contribution in [-0.4, -0.2) is 7.11 Å². The second kappa shape index (κ2) is 5.27. The monoisotopic (exact) mass is 295 g/mol. The number of ether oxygens (including phenoxy) is 1. The van der Waals surface area contributed by atoms with E-state index in [4.69, 9.17) is 9.15 Å². The summed E-state index contributed by atoms with van der Waals surface area (Å²) in [5, 5.41) is 3.36. The predicted octanol–water partition coefficient (Wildman–Crippen LogP) is 4.22. The molecule has 0 radical (unpaired) electrons. The fourth-order valence-corrected chi connectivity index (χ4v) is 2.00. The first-order chi connectivity index (χ1) is 8.20. The molecule has 0 amide bonds. The Bertz CT molecular complexity index is 482. The van der Waals surface area contributed by atoms with Gasteiger partial charge in [-0.05, 0) is 37.3 Å². The molecule has 1 atom stereocenters. The number of rotatable bonds is 4. The van der Waals surface area contributed by atoms with Crippen LogP contribution in [-0.2, 0) is 0 Å². The van der Waals surface area contributed by atoms with E-state index in [1.165, 1.54) is 0 Å². The summed E-state index contributed by atoms with van der Waals surface area (Å²) in [6.45, 7) is 2.04. The molecule has 90 valence electrons. The van der Waals surface area contributed by atoms with Crippen molar-refractivity contribution in [2.45, 2.75) is 13.0 Å². The summed E-state index contributed by atoms with van der Waals surface area (Å²) in [6.07, 6.45) is 1.67. The van der Waals surface area contributed by atoms with Crippen LogP contribution in [0.5, 0.6) is 5.75 Å². The van der Waals surface area contributed by atoms with Gasteiger partial charge in [-0.1, -0.05) is 15.9 Å². The Balaban J connectivity index is 2.20. The molecule has 1 N–H and O–H groups in total. The molecular weight excluding hydrogens is 282 g/mol. The Morgan fingerprint density at radius 2 is 2.18 bits per heavy atom. The summed E-state index contributed by atoms with van der Waals surface area (Å²) in [7, 11) is 1.66. The molecule has 0 aliphatic rings. The zero-order valence-corrected chi connectivity index (χ0v) is 11.3. The lowest BCUT2D eigenvalue weighted by molar-refractivity contribution is 0.415. The molecule has 0 saturated carbocycles. The van der Waals surface area contributed by atoms with Gasteiger partial charge in [0.05, 0.1) is 25.1 Å². The zero-order chi connectivity index (χ0) is 12.3. The van der Waals surface area contributed by atoms with Crippen LogP contribution in [0.25, 0.3) is 0 Å². The third-order valence-corrected chi connectivity index (χ3v) is 3.00. The molecule has 0 aliphatic heterocycles. The molecule has 3 nitrogen and oxygen atoms in total. The number of anilines is 1. The SMILES string of the molecule is COc1ccc(Br)cc1NC(C)c1ccco1. The smallest absolute Gasteiger partial charge is 0.142 e. The van der Waals surface area contributed by atoms with Crippen LogP contribution in [0.15, 0.2) is 45.5 Å². The van der Waals surface area contributed by atoms with Crippen LogP contribution in [0, 0.1) is 0 Å². The first-order valence-corrected chi connectivity index (χ1v) is 6.13. The summed E-state index contributed by atoms with van der Waals surface area (Å²) >= 11 is 3.45. The Kier molecular flexibility index (Phi) is 3.74. The third kappa shape index (κ3) is 2.82. The molecule has 1 unspecified atom stereocenters. The number of hydrogen-bond acceptors (Lipinski definition) is 3. The molecule has 4 heteroatoms. The van der Waals surface area contributed by atoms with Gasteiger partial charge in [0.15, 0.2) is 0 Å².